The number of hydrogen-bond acceptors (Lipinski definition) is 3. The van der Waals surface area contributed by atoms with Gasteiger partial charge in [0.1, 0.15) is 0 Å². The van der Waals surface area contributed by atoms with Crippen molar-refractivity contribution in [3.05, 3.63) is 29.8 Å². The predicted octanol–water partition coefficient (Wildman–Crippen LogP) is 2.69. The molecule has 1 aromatic carbocycles. The van der Waals surface area contributed by atoms with Gasteiger partial charge in [0.25, 0.3) is 0 Å². The number of rotatable bonds is 7. The lowest BCUT2D eigenvalue weighted by Gasteiger charge is -2.29. The SMILES string of the molecule is CC[C@H](N)c1ccc(N(CCCO)C(C)C)cc1. The summed E-state index contributed by atoms with van der Waals surface area (Å²) in [7, 11) is 0. The van der Waals surface area contributed by atoms with Crippen molar-refractivity contribution in [1.82, 2.24) is 0 Å². The van der Waals surface area contributed by atoms with Gasteiger partial charge in [-0.2, -0.15) is 0 Å². The molecule has 3 N–H and O–H groups in total. The first-order valence-electron chi connectivity index (χ1n) is 6.83. The Balaban J connectivity index is 2.80. The van der Waals surface area contributed by atoms with Crippen LogP contribution in [0.25, 0.3) is 0 Å². The van der Waals surface area contributed by atoms with Gasteiger partial charge in [0.2, 0.25) is 0 Å². The Kier molecular flexibility index (Phi) is 6.16. The van der Waals surface area contributed by atoms with E-state index in [-0.39, 0.29) is 12.6 Å². The van der Waals surface area contributed by atoms with Gasteiger partial charge in [0, 0.05) is 30.9 Å². The molecule has 0 aliphatic rings. The Labute approximate surface area is 111 Å². The summed E-state index contributed by atoms with van der Waals surface area (Å²) in [5.41, 5.74) is 8.40. The summed E-state index contributed by atoms with van der Waals surface area (Å²) >= 11 is 0. The van der Waals surface area contributed by atoms with Crippen LogP contribution in [0.5, 0.6) is 0 Å². The van der Waals surface area contributed by atoms with Gasteiger partial charge < -0.3 is 15.7 Å². The Morgan fingerprint density at radius 3 is 2.28 bits per heavy atom. The Bertz CT molecular complexity index is 335. The number of anilines is 1. The Hall–Kier alpha value is -1.06. The normalized spacial score (nSPS) is 12.8. The van der Waals surface area contributed by atoms with E-state index in [0.29, 0.717) is 6.04 Å². The summed E-state index contributed by atoms with van der Waals surface area (Å²) in [4.78, 5) is 2.30. The molecule has 0 aliphatic heterocycles. The fraction of sp³-hybridized carbons (Fsp3) is 0.600. The molecular formula is C15H26N2O. The summed E-state index contributed by atoms with van der Waals surface area (Å²) in [5, 5.41) is 8.95. The highest BCUT2D eigenvalue weighted by molar-refractivity contribution is 5.48. The van der Waals surface area contributed by atoms with Crippen LogP contribution in [0.2, 0.25) is 0 Å². The topological polar surface area (TPSA) is 49.5 Å². The van der Waals surface area contributed by atoms with Crippen LogP contribution in [-0.2, 0) is 0 Å². The molecular weight excluding hydrogens is 224 g/mol. The summed E-state index contributed by atoms with van der Waals surface area (Å²) in [6, 6.07) is 9.03. The van der Waals surface area contributed by atoms with E-state index in [1.807, 2.05) is 0 Å². The second-order valence-electron chi connectivity index (χ2n) is 4.97. The second-order valence-corrected chi connectivity index (χ2v) is 4.97. The van der Waals surface area contributed by atoms with Gasteiger partial charge in [-0.15, -0.1) is 0 Å². The molecule has 0 aromatic heterocycles. The molecule has 0 amide bonds. The highest BCUT2D eigenvalue weighted by Gasteiger charge is 2.10. The monoisotopic (exact) mass is 250 g/mol. The van der Waals surface area contributed by atoms with E-state index in [1.54, 1.807) is 0 Å². The zero-order valence-corrected chi connectivity index (χ0v) is 11.8. The average Bonchev–Trinajstić information content (AvgIpc) is 2.38. The molecule has 0 heterocycles. The quantitative estimate of drug-likeness (QED) is 0.782. The van der Waals surface area contributed by atoms with Crippen molar-refractivity contribution in [3.63, 3.8) is 0 Å². The van der Waals surface area contributed by atoms with E-state index in [9.17, 15) is 0 Å². The number of aliphatic hydroxyl groups is 1. The minimum absolute atomic E-state index is 0.129. The zero-order valence-electron chi connectivity index (χ0n) is 11.8. The Morgan fingerprint density at radius 1 is 1.22 bits per heavy atom. The molecule has 1 aromatic rings. The standard InChI is InChI=1S/C15H26N2O/c1-4-15(16)13-6-8-14(9-7-13)17(12(2)3)10-5-11-18/h6-9,12,15,18H,4-5,10-11,16H2,1-3H3/t15-/m0/s1. The third-order valence-electron chi connectivity index (χ3n) is 3.27. The van der Waals surface area contributed by atoms with Crippen LogP contribution in [0.4, 0.5) is 5.69 Å². The molecule has 3 nitrogen and oxygen atoms in total. The predicted molar refractivity (Wildman–Crippen MR) is 77.8 cm³/mol. The van der Waals surface area contributed by atoms with E-state index in [1.165, 1.54) is 11.3 Å². The van der Waals surface area contributed by atoms with Crippen LogP contribution in [-0.4, -0.2) is 24.3 Å². The van der Waals surface area contributed by atoms with Crippen LogP contribution in [0.1, 0.15) is 45.2 Å². The third-order valence-corrected chi connectivity index (χ3v) is 3.27. The van der Waals surface area contributed by atoms with Crippen molar-refractivity contribution in [3.8, 4) is 0 Å². The first-order valence-corrected chi connectivity index (χ1v) is 6.83. The minimum Gasteiger partial charge on any atom is -0.396 e. The summed E-state index contributed by atoms with van der Waals surface area (Å²) in [6.07, 6.45) is 1.76. The van der Waals surface area contributed by atoms with Crippen LogP contribution >= 0.6 is 0 Å². The van der Waals surface area contributed by atoms with Crippen LogP contribution in [0, 0.1) is 0 Å². The van der Waals surface area contributed by atoms with Crippen molar-refractivity contribution in [2.75, 3.05) is 18.1 Å². The maximum absolute atomic E-state index is 8.95. The van der Waals surface area contributed by atoms with Gasteiger partial charge in [0.05, 0.1) is 0 Å². The molecule has 18 heavy (non-hydrogen) atoms. The van der Waals surface area contributed by atoms with Gasteiger partial charge in [-0.1, -0.05) is 19.1 Å². The number of aliphatic hydroxyl groups excluding tert-OH is 1. The fourth-order valence-electron chi connectivity index (χ4n) is 2.08. The van der Waals surface area contributed by atoms with Crippen molar-refractivity contribution in [1.29, 1.82) is 0 Å². The van der Waals surface area contributed by atoms with Crippen molar-refractivity contribution in [2.24, 2.45) is 5.73 Å². The first kappa shape index (κ1) is 15.0. The lowest BCUT2D eigenvalue weighted by molar-refractivity contribution is 0.288. The average molecular weight is 250 g/mol. The summed E-state index contributed by atoms with van der Waals surface area (Å²) in [5.74, 6) is 0. The molecule has 0 saturated heterocycles. The van der Waals surface area contributed by atoms with Crippen molar-refractivity contribution < 1.29 is 5.11 Å². The van der Waals surface area contributed by atoms with Crippen molar-refractivity contribution in [2.45, 2.75) is 45.7 Å². The van der Waals surface area contributed by atoms with Crippen LogP contribution in [0.15, 0.2) is 24.3 Å². The van der Waals surface area contributed by atoms with Gasteiger partial charge in [-0.3, -0.25) is 0 Å². The van der Waals surface area contributed by atoms with Crippen molar-refractivity contribution >= 4 is 5.69 Å². The molecule has 0 radical (unpaired) electrons. The fourth-order valence-corrected chi connectivity index (χ4v) is 2.08. The number of hydrogen-bond donors (Lipinski definition) is 2. The summed E-state index contributed by atoms with van der Waals surface area (Å²) < 4.78 is 0. The van der Waals surface area contributed by atoms with Crippen LogP contribution in [0.3, 0.4) is 0 Å². The minimum atomic E-state index is 0.129. The van der Waals surface area contributed by atoms with Gasteiger partial charge >= 0.3 is 0 Å². The molecule has 0 unspecified atom stereocenters. The number of nitrogens with zero attached hydrogens (tertiary/aromatic N) is 1. The van der Waals surface area contributed by atoms with Gasteiger partial charge in [-0.05, 0) is 44.4 Å². The van der Waals surface area contributed by atoms with Crippen LogP contribution < -0.4 is 10.6 Å². The van der Waals surface area contributed by atoms with Gasteiger partial charge in [0.15, 0.2) is 0 Å². The smallest absolute Gasteiger partial charge is 0.0447 e. The third kappa shape index (κ3) is 4.00. The highest BCUT2D eigenvalue weighted by Crippen LogP contribution is 2.21. The van der Waals surface area contributed by atoms with E-state index in [0.717, 1.165) is 19.4 Å². The first-order chi connectivity index (χ1) is 8.60. The maximum Gasteiger partial charge on any atom is 0.0447 e. The highest BCUT2D eigenvalue weighted by atomic mass is 16.3. The zero-order chi connectivity index (χ0) is 13.5. The lowest BCUT2D eigenvalue weighted by atomic mass is 10.0. The second kappa shape index (κ2) is 7.39. The molecule has 0 saturated carbocycles. The summed E-state index contributed by atoms with van der Waals surface area (Å²) in [6.45, 7) is 7.56. The number of benzene rings is 1. The van der Waals surface area contributed by atoms with E-state index in [2.05, 4.69) is 49.9 Å². The van der Waals surface area contributed by atoms with E-state index in [4.69, 9.17) is 10.8 Å². The lowest BCUT2D eigenvalue weighted by Crippen LogP contribution is -2.32. The van der Waals surface area contributed by atoms with E-state index >= 15 is 0 Å². The molecule has 1 rings (SSSR count). The molecule has 0 fully saturated rings. The molecule has 102 valence electrons. The molecule has 0 bridgehead atoms. The maximum atomic E-state index is 8.95. The molecule has 3 heteroatoms. The molecule has 0 spiro atoms. The largest absolute Gasteiger partial charge is 0.396 e. The molecule has 1 atom stereocenters. The number of nitrogens with two attached hydrogens (primary N) is 1. The van der Waals surface area contributed by atoms with Gasteiger partial charge in [-0.25, -0.2) is 0 Å². The molecule has 0 aliphatic carbocycles. The Morgan fingerprint density at radius 2 is 1.83 bits per heavy atom. The van der Waals surface area contributed by atoms with E-state index < -0.39 is 0 Å².